The van der Waals surface area contributed by atoms with Gasteiger partial charge in [-0.25, -0.2) is 10.1 Å². The molecule has 4 amide bonds. The van der Waals surface area contributed by atoms with Gasteiger partial charge in [-0.05, 0) is 80.8 Å². The summed E-state index contributed by atoms with van der Waals surface area (Å²) in [4.78, 5) is 51.0. The fraction of sp³-hybridized carbons (Fsp3) is 0.310. The Bertz CT molecular complexity index is 2300. The Morgan fingerprint density at radius 2 is 1.41 bits per heavy atom. The van der Waals surface area contributed by atoms with Crippen molar-refractivity contribution in [3.8, 4) is 11.5 Å². The smallest absolute Gasteiger partial charge is 0.497 e. The van der Waals surface area contributed by atoms with E-state index in [0.29, 0.717) is 28.2 Å². The zero-order valence-corrected chi connectivity index (χ0v) is 34.0. The van der Waals surface area contributed by atoms with Gasteiger partial charge in [-0.1, -0.05) is 59.1 Å². The van der Waals surface area contributed by atoms with Crippen LogP contribution < -0.4 is 14.8 Å². The molecule has 1 N–H and O–H groups in total. The third kappa shape index (κ3) is 8.60. The Hall–Kier alpha value is -5.98. The summed E-state index contributed by atoms with van der Waals surface area (Å²) in [6.45, 7) is 5.80. The number of amides is 4. The van der Waals surface area contributed by atoms with Crippen LogP contribution in [0.15, 0.2) is 120 Å². The van der Waals surface area contributed by atoms with E-state index in [1.165, 1.54) is 6.92 Å². The van der Waals surface area contributed by atoms with Crippen molar-refractivity contribution in [3.05, 3.63) is 142 Å². The highest BCUT2D eigenvalue weighted by Crippen LogP contribution is 2.44. The average molecular weight is 831 g/mol. The molecule has 4 aromatic carbocycles. The van der Waals surface area contributed by atoms with E-state index in [1.807, 2.05) is 54.6 Å². The van der Waals surface area contributed by atoms with E-state index in [0.717, 1.165) is 30.5 Å². The zero-order chi connectivity index (χ0) is 42.8. The summed E-state index contributed by atoms with van der Waals surface area (Å²) in [6, 6.07) is 26.7. The van der Waals surface area contributed by atoms with Crippen LogP contribution in [0.1, 0.15) is 50.8 Å². The van der Waals surface area contributed by atoms with E-state index in [2.05, 4.69) is 5.32 Å². The van der Waals surface area contributed by atoms with Gasteiger partial charge in [-0.2, -0.15) is 13.2 Å². The van der Waals surface area contributed by atoms with Crippen molar-refractivity contribution in [3.63, 3.8) is 0 Å². The number of carbonyl (C=O) groups is 3. The monoisotopic (exact) mass is 830 g/mol. The van der Waals surface area contributed by atoms with Crippen LogP contribution in [0.25, 0.3) is 0 Å². The van der Waals surface area contributed by atoms with E-state index in [-0.39, 0.29) is 11.3 Å². The fourth-order valence-corrected chi connectivity index (χ4v) is 8.06. The summed E-state index contributed by atoms with van der Waals surface area (Å²) in [5.74, 6) is 0.413. The van der Waals surface area contributed by atoms with Crippen molar-refractivity contribution >= 4 is 33.8 Å². The quantitative estimate of drug-likeness (QED) is 0.0491. The Balaban J connectivity index is 1.48. The number of rotatable bonds is 13. The average Bonchev–Trinajstić information content (AvgIpc) is 3.61. The first-order valence-electron chi connectivity index (χ1n) is 18.4. The van der Waals surface area contributed by atoms with Gasteiger partial charge in [0.15, 0.2) is 0 Å². The van der Waals surface area contributed by atoms with E-state index in [9.17, 15) is 32.9 Å². The first-order valence-corrected chi connectivity index (χ1v) is 19.8. The predicted molar refractivity (Wildman–Crippen MR) is 210 cm³/mol. The van der Waals surface area contributed by atoms with Crippen LogP contribution in [-0.4, -0.2) is 80.7 Å². The van der Waals surface area contributed by atoms with Crippen molar-refractivity contribution in [2.24, 2.45) is 0 Å². The number of non-ortho nitro benzene ring substituents is 1. The maximum Gasteiger partial charge on any atom is 0.532 e. The molecule has 2 aliphatic rings. The molecule has 1 fully saturated rings. The van der Waals surface area contributed by atoms with Crippen LogP contribution in [0.3, 0.4) is 0 Å². The molecule has 6 rings (SSSR count). The first-order chi connectivity index (χ1) is 27.9. The molecular weight excluding hydrogens is 787 g/mol. The lowest BCUT2D eigenvalue weighted by atomic mass is 9.80. The molecule has 17 heteroatoms. The predicted octanol–water partition coefficient (Wildman–Crippen LogP) is 6.72. The molecule has 1 saturated heterocycles. The SMILES string of the molecule is COc1ccc(C(OC[C@H]2O[C@@H]([N+]3(C(=O)OC(C)(C)C)C=C(C)C(=O)NC3=O)C[C@@H]2OS(=O)(=O)c2ccc([N+](=O)[O-])cc2)(c2ccccc2)c2ccc(OC)cc2)cc1. The number of hydrogen-bond acceptors (Lipinski definition) is 13. The number of nitrogens with one attached hydrogen (secondary N) is 1. The van der Waals surface area contributed by atoms with Gasteiger partial charge in [0.25, 0.3) is 21.7 Å². The highest BCUT2D eigenvalue weighted by molar-refractivity contribution is 7.86. The summed E-state index contributed by atoms with van der Waals surface area (Å²) < 4.78 is 62.5. The van der Waals surface area contributed by atoms with Crippen molar-refractivity contribution in [1.29, 1.82) is 0 Å². The topological polar surface area (TPSA) is 196 Å². The number of nitro groups is 1. The van der Waals surface area contributed by atoms with E-state index < -0.39 is 85.1 Å². The summed E-state index contributed by atoms with van der Waals surface area (Å²) in [5, 5.41) is 13.5. The Kier molecular flexibility index (Phi) is 12.1. The minimum atomic E-state index is -4.68. The molecule has 16 nitrogen and oxygen atoms in total. The Morgan fingerprint density at radius 3 is 1.92 bits per heavy atom. The summed E-state index contributed by atoms with van der Waals surface area (Å²) in [7, 11) is -1.60. The van der Waals surface area contributed by atoms with Crippen LogP contribution in [0, 0.1) is 10.1 Å². The van der Waals surface area contributed by atoms with E-state index in [1.54, 1.807) is 59.3 Å². The second-order valence-corrected chi connectivity index (χ2v) is 16.4. The van der Waals surface area contributed by atoms with Crippen LogP contribution in [0.2, 0.25) is 0 Å². The molecule has 0 aliphatic carbocycles. The lowest BCUT2D eigenvalue weighted by Gasteiger charge is -2.38. The van der Waals surface area contributed by atoms with Gasteiger partial charge in [0, 0.05) is 12.1 Å². The van der Waals surface area contributed by atoms with Gasteiger partial charge in [-0.3, -0.25) is 19.1 Å². The Morgan fingerprint density at radius 1 is 0.864 bits per heavy atom. The third-order valence-corrected chi connectivity index (χ3v) is 11.2. The molecule has 0 radical (unpaired) electrons. The molecule has 0 bridgehead atoms. The van der Waals surface area contributed by atoms with Gasteiger partial charge in [0.2, 0.25) is 6.23 Å². The number of carbonyl (C=O) groups excluding carboxylic acids is 3. The van der Waals surface area contributed by atoms with Gasteiger partial charge in [0.1, 0.15) is 41.1 Å². The zero-order valence-electron chi connectivity index (χ0n) is 33.1. The number of nitrogens with zero attached hydrogens (tertiary/aromatic N) is 2. The molecule has 59 heavy (non-hydrogen) atoms. The second-order valence-electron chi connectivity index (χ2n) is 14.8. The number of ether oxygens (including phenoxy) is 5. The molecule has 0 aromatic heterocycles. The van der Waals surface area contributed by atoms with Gasteiger partial charge in [0.05, 0.1) is 42.6 Å². The molecular formula is C42H44N3O13S+. The maximum atomic E-state index is 14.2. The molecule has 4 atom stereocenters. The van der Waals surface area contributed by atoms with Gasteiger partial charge >= 0.3 is 12.1 Å². The molecule has 2 aliphatic heterocycles. The van der Waals surface area contributed by atoms with Crippen molar-refractivity contribution in [2.45, 2.75) is 68.6 Å². The molecule has 310 valence electrons. The van der Waals surface area contributed by atoms with Crippen LogP contribution in [0.5, 0.6) is 11.5 Å². The summed E-state index contributed by atoms with van der Waals surface area (Å²) in [6.07, 6.45) is -4.64. The molecule has 0 saturated carbocycles. The molecule has 1 unspecified atom stereocenters. The van der Waals surface area contributed by atoms with Crippen molar-refractivity contribution in [1.82, 2.24) is 5.32 Å². The van der Waals surface area contributed by atoms with Crippen LogP contribution in [-0.2, 0) is 38.9 Å². The number of urea groups is 1. The highest BCUT2D eigenvalue weighted by Gasteiger charge is 2.62. The van der Waals surface area contributed by atoms with Gasteiger partial charge < -0.3 is 23.7 Å². The number of hydrogen-bond donors (Lipinski definition) is 1. The normalized spacial score (nSPS) is 21.0. The standard InChI is InChI=1S/C42H43N3O13S/c1-27-25-45(39(47)43-38(27)46,40(48)57-41(2,3)4)37-24-35(58-59(51,52)34-22-16-31(17-23-34)44(49)50)36(56-37)26-55-42(28-10-8-7-9-11-28,29-12-18-32(53-5)19-13-29)30-14-20-33(54-6)21-15-30/h7-23,25,35-37H,24,26H2,1-6H3/p+1/t35-,36+,37+,45?/m0/s1. The summed E-state index contributed by atoms with van der Waals surface area (Å²) in [5.41, 5.74) is -0.900. The maximum absolute atomic E-state index is 14.2. The highest BCUT2D eigenvalue weighted by atomic mass is 32.2. The van der Waals surface area contributed by atoms with Crippen LogP contribution >= 0.6 is 0 Å². The molecule has 0 spiro atoms. The lowest BCUT2D eigenvalue weighted by molar-refractivity contribution is -0.783. The number of nitro benzene ring substituents is 1. The van der Waals surface area contributed by atoms with Crippen molar-refractivity contribution < 1.29 is 60.1 Å². The Labute approximate surface area is 341 Å². The lowest BCUT2D eigenvalue weighted by Crippen LogP contribution is -2.66. The second kappa shape index (κ2) is 16.7. The first kappa shape index (κ1) is 42.6. The third-order valence-electron chi connectivity index (χ3n) is 9.87. The number of benzene rings is 4. The molecule has 2 heterocycles. The largest absolute Gasteiger partial charge is 0.532 e. The minimum Gasteiger partial charge on any atom is -0.497 e. The number of imide groups is 2. The summed E-state index contributed by atoms with van der Waals surface area (Å²) >= 11 is 0. The molecule has 4 aromatic rings. The van der Waals surface area contributed by atoms with E-state index in [4.69, 9.17) is 27.9 Å². The number of quaternary nitrogens is 1. The van der Waals surface area contributed by atoms with E-state index >= 15 is 0 Å². The van der Waals surface area contributed by atoms with Crippen molar-refractivity contribution in [2.75, 3.05) is 20.8 Å². The fourth-order valence-electron chi connectivity index (χ4n) is 6.96. The minimum absolute atomic E-state index is 0.00293. The number of methoxy groups -OCH3 is 2. The van der Waals surface area contributed by atoms with Crippen LogP contribution in [0.4, 0.5) is 15.3 Å². The van der Waals surface area contributed by atoms with Gasteiger partial charge in [-0.15, -0.1) is 0 Å².